The minimum absolute atomic E-state index is 0.123. The molecule has 0 aliphatic carbocycles. The first kappa shape index (κ1) is 11.8. The minimum atomic E-state index is -9.58. The van der Waals surface area contributed by atoms with Crippen molar-refractivity contribution in [3.63, 3.8) is 0 Å². The molecule has 1 aromatic carbocycles. The number of thioether (sulfide) groups is 1. The molecule has 1 aromatic rings. The molecule has 1 nitrogen and oxygen atoms in total. The largest absolute Gasteiger partial charge is 0.491 e. The van der Waals surface area contributed by atoms with Gasteiger partial charge in [0.2, 0.25) is 0 Å². The van der Waals surface area contributed by atoms with E-state index in [2.05, 4.69) is 0 Å². The second-order valence-electron chi connectivity index (χ2n) is 3.27. The standard InChI is InChI=1S/C8H7F5OS2/c9-16(10,11,12,13)6-1-2-8-7(5-6)14-3-4-15-8/h1-2,5H,3-4H2. The van der Waals surface area contributed by atoms with E-state index < -0.39 is 15.1 Å². The number of ether oxygens (including phenoxy) is 1. The molecule has 16 heavy (non-hydrogen) atoms. The number of fused-ring (bicyclic) bond motifs is 1. The highest BCUT2D eigenvalue weighted by Crippen LogP contribution is 3.02. The van der Waals surface area contributed by atoms with Crippen LogP contribution in [0.3, 0.4) is 0 Å². The molecule has 0 radical (unpaired) electrons. The summed E-state index contributed by atoms with van der Waals surface area (Å²) in [7, 11) is -9.58. The second-order valence-corrected chi connectivity index (χ2v) is 6.82. The summed E-state index contributed by atoms with van der Waals surface area (Å²) in [6.07, 6.45) is 0. The summed E-state index contributed by atoms with van der Waals surface area (Å²) >= 11 is 1.28. The molecule has 1 aliphatic heterocycles. The summed E-state index contributed by atoms with van der Waals surface area (Å²) < 4.78 is 67.2. The number of hydrogen-bond donors (Lipinski definition) is 0. The molecule has 0 bridgehead atoms. The molecular weight excluding hydrogens is 271 g/mol. The van der Waals surface area contributed by atoms with E-state index in [1.807, 2.05) is 0 Å². The molecule has 92 valence electrons. The number of hydrogen-bond acceptors (Lipinski definition) is 2. The zero-order chi connectivity index (χ0) is 12.1. The van der Waals surface area contributed by atoms with Gasteiger partial charge in [-0.15, -0.1) is 11.8 Å². The van der Waals surface area contributed by atoms with E-state index in [1.165, 1.54) is 11.8 Å². The van der Waals surface area contributed by atoms with E-state index in [4.69, 9.17) is 4.74 Å². The monoisotopic (exact) mass is 278 g/mol. The van der Waals surface area contributed by atoms with Crippen LogP contribution in [0.15, 0.2) is 28.0 Å². The van der Waals surface area contributed by atoms with Gasteiger partial charge in [-0.05, 0) is 12.1 Å². The van der Waals surface area contributed by atoms with Crippen molar-refractivity contribution in [3.8, 4) is 5.75 Å². The van der Waals surface area contributed by atoms with Gasteiger partial charge in [0.05, 0.1) is 6.61 Å². The van der Waals surface area contributed by atoms with Gasteiger partial charge in [0, 0.05) is 16.7 Å². The molecule has 0 fully saturated rings. The van der Waals surface area contributed by atoms with Crippen molar-refractivity contribution in [2.24, 2.45) is 0 Å². The van der Waals surface area contributed by atoms with Crippen molar-refractivity contribution in [3.05, 3.63) is 18.2 Å². The second kappa shape index (κ2) is 2.79. The summed E-state index contributed by atoms with van der Waals surface area (Å²) in [6, 6.07) is 1.80. The average molecular weight is 278 g/mol. The molecule has 0 saturated heterocycles. The van der Waals surface area contributed by atoms with Crippen LogP contribution < -0.4 is 4.74 Å². The normalized spacial score (nSPS) is 20.3. The van der Waals surface area contributed by atoms with Crippen LogP contribution in [0.25, 0.3) is 0 Å². The van der Waals surface area contributed by atoms with E-state index in [1.54, 1.807) is 0 Å². The summed E-state index contributed by atoms with van der Waals surface area (Å²) in [6.45, 7) is 0.224. The van der Waals surface area contributed by atoms with Crippen molar-refractivity contribution in [2.75, 3.05) is 12.4 Å². The van der Waals surface area contributed by atoms with Crippen LogP contribution in [0.2, 0.25) is 0 Å². The highest BCUT2D eigenvalue weighted by molar-refractivity contribution is 8.45. The van der Waals surface area contributed by atoms with Crippen LogP contribution in [0, 0.1) is 0 Å². The summed E-state index contributed by atoms with van der Waals surface area (Å²) in [5.41, 5.74) is 0. The van der Waals surface area contributed by atoms with Gasteiger partial charge in [0.25, 0.3) is 0 Å². The van der Waals surface area contributed by atoms with Gasteiger partial charge in [-0.1, -0.05) is 19.4 Å². The number of halogens is 5. The van der Waals surface area contributed by atoms with Gasteiger partial charge in [-0.25, -0.2) is 0 Å². The average Bonchev–Trinajstić information content (AvgIpc) is 2.13. The van der Waals surface area contributed by atoms with Crippen LogP contribution in [0.1, 0.15) is 0 Å². The van der Waals surface area contributed by atoms with Crippen molar-refractivity contribution in [1.82, 2.24) is 0 Å². The molecule has 0 atom stereocenters. The maximum atomic E-state index is 12.5. The maximum absolute atomic E-state index is 12.5. The zero-order valence-electron chi connectivity index (χ0n) is 7.76. The molecule has 0 N–H and O–H groups in total. The lowest BCUT2D eigenvalue weighted by Gasteiger charge is -2.40. The van der Waals surface area contributed by atoms with Crippen LogP contribution in [0.4, 0.5) is 19.4 Å². The fourth-order valence-corrected chi connectivity index (χ4v) is 2.73. The highest BCUT2D eigenvalue weighted by Gasteiger charge is 2.65. The lowest BCUT2D eigenvalue weighted by atomic mass is 10.3. The lowest BCUT2D eigenvalue weighted by Crippen LogP contribution is -2.10. The Morgan fingerprint density at radius 3 is 2.44 bits per heavy atom. The molecule has 0 aromatic heterocycles. The fourth-order valence-electron chi connectivity index (χ4n) is 1.26. The smallest absolute Gasteiger partial charge is 0.310 e. The molecule has 1 heterocycles. The molecule has 0 saturated carbocycles. The van der Waals surface area contributed by atoms with Gasteiger partial charge >= 0.3 is 10.2 Å². The summed E-state index contributed by atoms with van der Waals surface area (Å²) in [4.78, 5) is -1.45. The van der Waals surface area contributed by atoms with E-state index in [0.29, 0.717) is 22.8 Å². The van der Waals surface area contributed by atoms with Crippen LogP contribution >= 0.6 is 22.0 Å². The van der Waals surface area contributed by atoms with E-state index in [-0.39, 0.29) is 12.4 Å². The van der Waals surface area contributed by atoms with Gasteiger partial charge in [0.1, 0.15) is 10.6 Å². The predicted octanol–water partition coefficient (Wildman–Crippen LogP) is 4.83. The first-order valence-corrected chi connectivity index (χ1v) is 7.14. The van der Waals surface area contributed by atoms with Gasteiger partial charge in [-0.2, -0.15) is 0 Å². The van der Waals surface area contributed by atoms with Crippen molar-refractivity contribution in [2.45, 2.75) is 9.79 Å². The lowest BCUT2D eigenvalue weighted by molar-refractivity contribution is 0.325. The van der Waals surface area contributed by atoms with Crippen LogP contribution in [-0.4, -0.2) is 12.4 Å². The summed E-state index contributed by atoms with van der Waals surface area (Å²) in [5, 5.41) is 0. The van der Waals surface area contributed by atoms with Gasteiger partial charge in [-0.3, -0.25) is 0 Å². The third-order valence-corrected chi connectivity index (χ3v) is 4.12. The molecule has 0 spiro atoms. The molecule has 2 rings (SSSR count). The maximum Gasteiger partial charge on any atom is 0.310 e. The Hall–Kier alpha value is -0.630. The quantitative estimate of drug-likeness (QED) is 0.680. The Kier molecular flexibility index (Phi) is 2.06. The van der Waals surface area contributed by atoms with E-state index >= 15 is 0 Å². The molecular formula is C8H7F5OS2. The molecule has 8 heteroatoms. The Balaban J connectivity index is 2.54. The minimum Gasteiger partial charge on any atom is -0.491 e. The predicted molar refractivity (Wildman–Crippen MR) is 54.1 cm³/mol. The Morgan fingerprint density at radius 2 is 1.81 bits per heavy atom. The van der Waals surface area contributed by atoms with Gasteiger partial charge < -0.3 is 4.74 Å². The van der Waals surface area contributed by atoms with E-state index in [0.717, 1.165) is 6.07 Å². The fraction of sp³-hybridized carbons (Fsp3) is 0.250. The Morgan fingerprint density at radius 1 is 1.12 bits per heavy atom. The van der Waals surface area contributed by atoms with E-state index in [9.17, 15) is 19.4 Å². The van der Waals surface area contributed by atoms with Crippen molar-refractivity contribution >= 4 is 22.0 Å². The SMILES string of the molecule is FS(F)(F)(F)(F)c1ccc2c(c1)OCCS2. The molecule has 0 amide bonds. The molecule has 1 aliphatic rings. The Bertz CT molecular complexity index is 441. The number of benzene rings is 1. The van der Waals surface area contributed by atoms with Crippen molar-refractivity contribution < 1.29 is 24.2 Å². The Labute approximate surface area is 92.7 Å². The first-order valence-electron chi connectivity index (χ1n) is 4.20. The first-order chi connectivity index (χ1) is 7.06. The van der Waals surface area contributed by atoms with Crippen LogP contribution in [-0.2, 0) is 0 Å². The number of rotatable bonds is 1. The van der Waals surface area contributed by atoms with Gasteiger partial charge in [0.15, 0.2) is 0 Å². The highest BCUT2D eigenvalue weighted by atomic mass is 32.5. The zero-order valence-corrected chi connectivity index (χ0v) is 9.39. The summed E-state index contributed by atoms with van der Waals surface area (Å²) in [5.74, 6) is 0.477. The third kappa shape index (κ3) is 2.37. The third-order valence-electron chi connectivity index (χ3n) is 1.96. The topological polar surface area (TPSA) is 9.23 Å². The molecule has 0 unspecified atom stereocenters. The van der Waals surface area contributed by atoms with Crippen LogP contribution in [0.5, 0.6) is 5.75 Å². The van der Waals surface area contributed by atoms with Crippen molar-refractivity contribution in [1.29, 1.82) is 0 Å².